The van der Waals surface area contributed by atoms with Crippen molar-refractivity contribution in [2.75, 3.05) is 0 Å². The van der Waals surface area contributed by atoms with E-state index in [0.717, 1.165) is 5.92 Å². The second-order valence-corrected chi connectivity index (χ2v) is 4.78. The molecule has 1 aliphatic rings. The van der Waals surface area contributed by atoms with E-state index in [-0.39, 0.29) is 0 Å². The molecule has 1 saturated carbocycles. The zero-order valence-corrected chi connectivity index (χ0v) is 9.61. The van der Waals surface area contributed by atoms with Gasteiger partial charge >= 0.3 is 0 Å². The predicted octanol–water partition coefficient (Wildman–Crippen LogP) is 2.92. The van der Waals surface area contributed by atoms with Gasteiger partial charge in [0.2, 0.25) is 0 Å². The Morgan fingerprint density at radius 3 is 2.67 bits per heavy atom. The lowest BCUT2D eigenvalue weighted by Crippen LogP contribution is -2.29. The van der Waals surface area contributed by atoms with Gasteiger partial charge in [0.1, 0.15) is 0 Å². The van der Waals surface area contributed by atoms with Crippen LogP contribution in [0.4, 0.5) is 0 Å². The van der Waals surface area contributed by atoms with Gasteiger partial charge < -0.3 is 5.32 Å². The Kier molecular flexibility index (Phi) is 3.37. The van der Waals surface area contributed by atoms with Gasteiger partial charge in [0.05, 0.1) is 0 Å². The number of aromatic nitrogens is 1. The Bertz CT molecular complexity index is 297. The summed E-state index contributed by atoms with van der Waals surface area (Å²) in [7, 11) is 0. The van der Waals surface area contributed by atoms with E-state index in [9.17, 15) is 0 Å². The smallest absolute Gasteiger partial charge is 0.0295 e. The normalized spacial score (nSPS) is 27.9. The van der Waals surface area contributed by atoms with Gasteiger partial charge in [-0.15, -0.1) is 0 Å². The van der Waals surface area contributed by atoms with Crippen LogP contribution < -0.4 is 5.32 Å². The molecule has 1 N–H and O–H groups in total. The Labute approximate surface area is 92.1 Å². The predicted molar refractivity (Wildman–Crippen MR) is 62.6 cm³/mol. The Balaban J connectivity index is 1.90. The summed E-state index contributed by atoms with van der Waals surface area (Å²) in [5.74, 6) is 0.896. The van der Waals surface area contributed by atoms with Crippen molar-refractivity contribution in [1.29, 1.82) is 0 Å². The lowest BCUT2D eigenvalue weighted by molar-refractivity contribution is 0.449. The summed E-state index contributed by atoms with van der Waals surface area (Å²) in [5, 5.41) is 3.70. The summed E-state index contributed by atoms with van der Waals surface area (Å²) in [6.45, 7) is 4.58. The molecule has 0 spiro atoms. The van der Waals surface area contributed by atoms with E-state index in [1.807, 2.05) is 12.4 Å². The summed E-state index contributed by atoms with van der Waals surface area (Å²) in [6.07, 6.45) is 7.77. The van der Waals surface area contributed by atoms with Crippen LogP contribution in [0.2, 0.25) is 0 Å². The van der Waals surface area contributed by atoms with Gasteiger partial charge in [-0.3, -0.25) is 4.98 Å². The summed E-state index contributed by atoms with van der Waals surface area (Å²) in [4.78, 5) is 4.04. The summed E-state index contributed by atoms with van der Waals surface area (Å²) < 4.78 is 0. The first-order valence-electron chi connectivity index (χ1n) is 5.91. The molecule has 0 radical (unpaired) electrons. The molecule has 0 aromatic carbocycles. The Hall–Kier alpha value is -0.890. The maximum absolute atomic E-state index is 4.04. The molecule has 15 heavy (non-hydrogen) atoms. The van der Waals surface area contributed by atoms with Crippen LogP contribution in [-0.2, 0) is 0 Å². The highest BCUT2D eigenvalue weighted by molar-refractivity contribution is 5.14. The molecule has 2 heteroatoms. The minimum Gasteiger partial charge on any atom is -0.307 e. The molecule has 0 amide bonds. The highest BCUT2D eigenvalue weighted by Crippen LogP contribution is 2.26. The first-order valence-corrected chi connectivity index (χ1v) is 5.91. The summed E-state index contributed by atoms with van der Waals surface area (Å²) in [6, 6.07) is 5.35. The first kappa shape index (κ1) is 10.6. The lowest BCUT2D eigenvalue weighted by atomic mass is 10.1. The van der Waals surface area contributed by atoms with Crippen LogP contribution in [0.15, 0.2) is 24.5 Å². The third kappa shape index (κ3) is 2.78. The van der Waals surface area contributed by atoms with Crippen LogP contribution in [0.25, 0.3) is 0 Å². The zero-order chi connectivity index (χ0) is 10.7. The molecule has 1 fully saturated rings. The second kappa shape index (κ2) is 4.75. The van der Waals surface area contributed by atoms with Gasteiger partial charge in [0.25, 0.3) is 0 Å². The number of hydrogen-bond donors (Lipinski definition) is 1. The first-order chi connectivity index (χ1) is 7.25. The standard InChI is InChI=1S/C13H20N2/c1-10-3-4-13(9-10)15-11(2)12-5-7-14-8-6-12/h5-8,10-11,13,15H,3-4,9H2,1-2H3. The molecule has 1 aromatic heterocycles. The fourth-order valence-corrected chi connectivity index (χ4v) is 2.46. The fraction of sp³-hybridized carbons (Fsp3) is 0.615. The van der Waals surface area contributed by atoms with Crippen molar-refractivity contribution < 1.29 is 0 Å². The van der Waals surface area contributed by atoms with Crippen LogP contribution in [-0.4, -0.2) is 11.0 Å². The quantitative estimate of drug-likeness (QED) is 0.819. The molecule has 3 unspecified atom stereocenters. The molecule has 82 valence electrons. The van der Waals surface area contributed by atoms with Gasteiger partial charge in [0.15, 0.2) is 0 Å². The molecule has 0 aliphatic heterocycles. The molecule has 0 saturated heterocycles. The molecule has 2 rings (SSSR count). The summed E-state index contributed by atoms with van der Waals surface area (Å²) in [5.41, 5.74) is 1.34. The van der Waals surface area contributed by atoms with Crippen molar-refractivity contribution in [3.8, 4) is 0 Å². The Morgan fingerprint density at radius 2 is 2.07 bits per heavy atom. The number of rotatable bonds is 3. The SMILES string of the molecule is CC1CCC(NC(C)c2ccncc2)C1. The fourth-order valence-electron chi connectivity index (χ4n) is 2.46. The van der Waals surface area contributed by atoms with E-state index in [0.29, 0.717) is 12.1 Å². The average molecular weight is 204 g/mol. The topological polar surface area (TPSA) is 24.9 Å². The largest absolute Gasteiger partial charge is 0.307 e. The van der Waals surface area contributed by atoms with Crippen molar-refractivity contribution in [3.05, 3.63) is 30.1 Å². The highest BCUT2D eigenvalue weighted by atomic mass is 14.9. The number of pyridine rings is 1. The molecule has 1 aromatic rings. The van der Waals surface area contributed by atoms with E-state index in [2.05, 4.69) is 36.3 Å². The Morgan fingerprint density at radius 1 is 1.33 bits per heavy atom. The molecular weight excluding hydrogens is 184 g/mol. The van der Waals surface area contributed by atoms with Crippen molar-refractivity contribution in [1.82, 2.24) is 10.3 Å². The average Bonchev–Trinajstić information content (AvgIpc) is 2.65. The molecule has 1 heterocycles. The van der Waals surface area contributed by atoms with E-state index in [1.54, 1.807) is 0 Å². The molecular formula is C13H20N2. The number of nitrogens with one attached hydrogen (secondary N) is 1. The monoisotopic (exact) mass is 204 g/mol. The van der Waals surface area contributed by atoms with Gasteiger partial charge in [-0.1, -0.05) is 6.92 Å². The van der Waals surface area contributed by atoms with Crippen LogP contribution in [0.1, 0.15) is 44.7 Å². The number of hydrogen-bond acceptors (Lipinski definition) is 2. The summed E-state index contributed by atoms with van der Waals surface area (Å²) >= 11 is 0. The number of nitrogens with zero attached hydrogens (tertiary/aromatic N) is 1. The van der Waals surface area contributed by atoms with Crippen molar-refractivity contribution in [2.24, 2.45) is 5.92 Å². The van der Waals surface area contributed by atoms with Crippen molar-refractivity contribution in [2.45, 2.75) is 45.2 Å². The minimum atomic E-state index is 0.447. The van der Waals surface area contributed by atoms with Gasteiger partial charge in [-0.25, -0.2) is 0 Å². The minimum absolute atomic E-state index is 0.447. The van der Waals surface area contributed by atoms with Crippen molar-refractivity contribution >= 4 is 0 Å². The maximum atomic E-state index is 4.04. The van der Waals surface area contributed by atoms with Gasteiger partial charge in [-0.2, -0.15) is 0 Å². The second-order valence-electron chi connectivity index (χ2n) is 4.78. The molecule has 1 aliphatic carbocycles. The van der Waals surface area contributed by atoms with E-state index < -0.39 is 0 Å². The lowest BCUT2D eigenvalue weighted by Gasteiger charge is -2.19. The van der Waals surface area contributed by atoms with Crippen LogP contribution >= 0.6 is 0 Å². The van der Waals surface area contributed by atoms with Gasteiger partial charge in [-0.05, 0) is 49.8 Å². The van der Waals surface area contributed by atoms with Crippen LogP contribution in [0.5, 0.6) is 0 Å². The van der Waals surface area contributed by atoms with Crippen LogP contribution in [0, 0.1) is 5.92 Å². The highest BCUT2D eigenvalue weighted by Gasteiger charge is 2.22. The molecule has 2 nitrogen and oxygen atoms in total. The molecule has 0 bridgehead atoms. The maximum Gasteiger partial charge on any atom is 0.0295 e. The molecule has 3 atom stereocenters. The third-order valence-electron chi connectivity index (χ3n) is 3.39. The van der Waals surface area contributed by atoms with Gasteiger partial charge in [0, 0.05) is 24.5 Å². The zero-order valence-electron chi connectivity index (χ0n) is 9.61. The van der Waals surface area contributed by atoms with E-state index in [4.69, 9.17) is 0 Å². The van der Waals surface area contributed by atoms with Crippen molar-refractivity contribution in [3.63, 3.8) is 0 Å². The van der Waals surface area contributed by atoms with E-state index >= 15 is 0 Å². The van der Waals surface area contributed by atoms with Crippen LogP contribution in [0.3, 0.4) is 0 Å². The van der Waals surface area contributed by atoms with E-state index in [1.165, 1.54) is 24.8 Å². The third-order valence-corrected chi connectivity index (χ3v) is 3.39.